The highest BCUT2D eigenvalue weighted by Gasteiger charge is 2.19. The molecule has 1 aromatic carbocycles. The van der Waals surface area contributed by atoms with Crippen molar-refractivity contribution in [2.24, 2.45) is 0 Å². The van der Waals surface area contributed by atoms with Crippen LogP contribution in [0.15, 0.2) is 46.5 Å². The van der Waals surface area contributed by atoms with Crippen LogP contribution in [0.25, 0.3) is 0 Å². The first-order valence-electron chi connectivity index (χ1n) is 7.24. The van der Waals surface area contributed by atoms with Crippen molar-refractivity contribution < 1.29 is 4.79 Å². The summed E-state index contributed by atoms with van der Waals surface area (Å²) in [4.78, 5) is 30.5. The number of carbonyl (C=O) groups excluding carboxylic acids is 1. The molecule has 0 aliphatic heterocycles. The second kappa shape index (κ2) is 7.79. The van der Waals surface area contributed by atoms with Crippen LogP contribution in [0.1, 0.15) is 25.8 Å². The van der Waals surface area contributed by atoms with E-state index >= 15 is 0 Å². The van der Waals surface area contributed by atoms with Gasteiger partial charge in [0.25, 0.3) is 5.56 Å². The number of aryl methyl sites for hydroxylation is 1. The summed E-state index contributed by atoms with van der Waals surface area (Å²) >= 11 is 1.26. The van der Waals surface area contributed by atoms with E-state index in [1.165, 1.54) is 24.0 Å². The van der Waals surface area contributed by atoms with Gasteiger partial charge in [0.2, 0.25) is 5.91 Å². The molecule has 2 aromatic rings. The lowest BCUT2D eigenvalue weighted by atomic mass is 10.1. The van der Waals surface area contributed by atoms with Gasteiger partial charge in [0.05, 0.1) is 5.25 Å². The zero-order valence-corrected chi connectivity index (χ0v) is 13.4. The fourth-order valence-electron chi connectivity index (χ4n) is 2.03. The second-order valence-electron chi connectivity index (χ2n) is 4.75. The second-order valence-corrected chi connectivity index (χ2v) is 5.95. The van der Waals surface area contributed by atoms with Crippen molar-refractivity contribution in [1.29, 1.82) is 0 Å². The number of H-pyrrole nitrogens is 1. The van der Waals surface area contributed by atoms with Gasteiger partial charge in [-0.05, 0) is 24.5 Å². The van der Waals surface area contributed by atoms with Crippen LogP contribution in [0.4, 0.5) is 5.69 Å². The third kappa shape index (κ3) is 4.21. The number of benzene rings is 1. The summed E-state index contributed by atoms with van der Waals surface area (Å²) in [5.41, 5.74) is 1.72. The molecule has 5 nitrogen and oxygen atoms in total. The van der Waals surface area contributed by atoms with Gasteiger partial charge in [0, 0.05) is 18.0 Å². The molecule has 2 N–H and O–H groups in total. The molecule has 0 aliphatic carbocycles. The number of amides is 1. The Morgan fingerprint density at radius 3 is 2.77 bits per heavy atom. The molecule has 1 amide bonds. The number of hydrogen-bond donors (Lipinski definition) is 2. The van der Waals surface area contributed by atoms with Crippen LogP contribution in [0.2, 0.25) is 0 Å². The molecule has 2 rings (SSSR count). The zero-order valence-electron chi connectivity index (χ0n) is 12.6. The first-order valence-corrected chi connectivity index (χ1v) is 8.12. The van der Waals surface area contributed by atoms with E-state index in [0.717, 1.165) is 17.7 Å². The number of anilines is 1. The predicted molar refractivity (Wildman–Crippen MR) is 89.2 cm³/mol. The third-order valence-corrected chi connectivity index (χ3v) is 4.48. The average molecular weight is 317 g/mol. The first kappa shape index (κ1) is 16.3. The van der Waals surface area contributed by atoms with E-state index in [2.05, 4.69) is 22.2 Å². The molecule has 116 valence electrons. The zero-order chi connectivity index (χ0) is 15.9. The van der Waals surface area contributed by atoms with Crippen molar-refractivity contribution in [3.63, 3.8) is 0 Å². The number of aromatic nitrogens is 2. The van der Waals surface area contributed by atoms with E-state index in [1.54, 1.807) is 0 Å². The molecule has 1 aromatic heterocycles. The summed E-state index contributed by atoms with van der Waals surface area (Å²) in [6.07, 6.45) is 2.94. The van der Waals surface area contributed by atoms with Crippen molar-refractivity contribution in [2.45, 2.75) is 37.1 Å². The quantitative estimate of drug-likeness (QED) is 0.634. The highest BCUT2D eigenvalue weighted by atomic mass is 32.2. The number of carbonyl (C=O) groups is 1. The third-order valence-electron chi connectivity index (χ3n) is 3.22. The van der Waals surface area contributed by atoms with Gasteiger partial charge in [0.1, 0.15) is 0 Å². The standard InChI is InChI=1S/C16H19N3O2S/c1-3-11-7-5-6-8-12(11)18-15(21)13(4-2)22-16-17-10-9-14(20)19-16/h5-10,13H,3-4H2,1-2H3,(H,18,21)(H,17,19,20). The summed E-state index contributed by atoms with van der Waals surface area (Å²) in [7, 11) is 0. The van der Waals surface area contributed by atoms with Gasteiger partial charge in [-0.2, -0.15) is 0 Å². The van der Waals surface area contributed by atoms with Gasteiger partial charge >= 0.3 is 0 Å². The largest absolute Gasteiger partial charge is 0.325 e. The minimum absolute atomic E-state index is 0.0834. The monoisotopic (exact) mass is 317 g/mol. The number of nitrogens with zero attached hydrogens (tertiary/aromatic N) is 1. The molecule has 1 unspecified atom stereocenters. The van der Waals surface area contributed by atoms with Gasteiger partial charge in [-0.3, -0.25) is 9.59 Å². The van der Waals surface area contributed by atoms with Crippen LogP contribution in [-0.4, -0.2) is 21.1 Å². The van der Waals surface area contributed by atoms with Crippen LogP contribution in [0.5, 0.6) is 0 Å². The molecule has 0 saturated carbocycles. The lowest BCUT2D eigenvalue weighted by Crippen LogP contribution is -2.25. The summed E-state index contributed by atoms with van der Waals surface area (Å²) in [6, 6.07) is 9.11. The van der Waals surface area contributed by atoms with Crippen LogP contribution in [0.3, 0.4) is 0 Å². The van der Waals surface area contributed by atoms with E-state index in [1.807, 2.05) is 31.2 Å². The van der Waals surface area contributed by atoms with Crippen molar-refractivity contribution in [3.05, 3.63) is 52.4 Å². The Bertz CT molecular complexity index is 700. The molecule has 0 saturated heterocycles. The number of nitrogens with one attached hydrogen (secondary N) is 2. The van der Waals surface area contributed by atoms with Crippen LogP contribution in [-0.2, 0) is 11.2 Å². The Morgan fingerprint density at radius 1 is 1.32 bits per heavy atom. The van der Waals surface area contributed by atoms with E-state index in [9.17, 15) is 9.59 Å². The van der Waals surface area contributed by atoms with E-state index in [4.69, 9.17) is 0 Å². The van der Waals surface area contributed by atoms with Gasteiger partial charge in [-0.1, -0.05) is 43.8 Å². The molecule has 0 radical (unpaired) electrons. The fourth-order valence-corrected chi connectivity index (χ4v) is 2.92. The van der Waals surface area contributed by atoms with Crippen LogP contribution in [0, 0.1) is 0 Å². The maximum Gasteiger partial charge on any atom is 0.251 e. The maximum atomic E-state index is 12.4. The highest BCUT2D eigenvalue weighted by Crippen LogP contribution is 2.23. The molecule has 0 fully saturated rings. The molecule has 1 heterocycles. The van der Waals surface area contributed by atoms with Crippen LogP contribution >= 0.6 is 11.8 Å². The lowest BCUT2D eigenvalue weighted by molar-refractivity contribution is -0.115. The molecule has 0 spiro atoms. The van der Waals surface area contributed by atoms with Crippen molar-refractivity contribution >= 4 is 23.4 Å². The van der Waals surface area contributed by atoms with Gasteiger partial charge in [-0.15, -0.1) is 0 Å². The van der Waals surface area contributed by atoms with Gasteiger partial charge in [0.15, 0.2) is 5.16 Å². The summed E-state index contributed by atoms with van der Waals surface area (Å²) < 4.78 is 0. The Kier molecular flexibility index (Phi) is 5.77. The maximum absolute atomic E-state index is 12.4. The van der Waals surface area contributed by atoms with Crippen molar-refractivity contribution in [3.8, 4) is 0 Å². The van der Waals surface area contributed by atoms with Gasteiger partial charge in [-0.25, -0.2) is 4.98 Å². The number of aromatic amines is 1. The number of rotatable bonds is 6. The Morgan fingerprint density at radius 2 is 2.09 bits per heavy atom. The number of thioether (sulfide) groups is 1. The topological polar surface area (TPSA) is 74.8 Å². The molecular formula is C16H19N3O2S. The summed E-state index contributed by atoms with van der Waals surface area (Å²) in [5, 5.41) is 3.11. The lowest BCUT2D eigenvalue weighted by Gasteiger charge is -2.15. The fraction of sp³-hybridized carbons (Fsp3) is 0.312. The smallest absolute Gasteiger partial charge is 0.251 e. The van der Waals surface area contributed by atoms with E-state index < -0.39 is 0 Å². The normalized spacial score (nSPS) is 11.9. The first-order chi connectivity index (χ1) is 10.6. The minimum Gasteiger partial charge on any atom is -0.325 e. The Balaban J connectivity index is 2.10. The minimum atomic E-state index is -0.310. The molecule has 0 aliphatic rings. The van der Waals surface area contributed by atoms with Crippen LogP contribution < -0.4 is 10.9 Å². The van der Waals surface area contributed by atoms with E-state index in [0.29, 0.717) is 11.6 Å². The molecule has 1 atom stereocenters. The summed E-state index contributed by atoms with van der Waals surface area (Å²) in [5.74, 6) is -0.0834. The summed E-state index contributed by atoms with van der Waals surface area (Å²) in [6.45, 7) is 3.99. The molecule has 6 heteroatoms. The Hall–Kier alpha value is -2.08. The molecule has 0 bridgehead atoms. The predicted octanol–water partition coefficient (Wildman–Crippen LogP) is 2.84. The Labute approximate surface area is 133 Å². The van der Waals surface area contributed by atoms with E-state index in [-0.39, 0.29) is 16.7 Å². The number of para-hydroxylation sites is 1. The van der Waals surface area contributed by atoms with Gasteiger partial charge < -0.3 is 10.3 Å². The van der Waals surface area contributed by atoms with Crippen molar-refractivity contribution in [2.75, 3.05) is 5.32 Å². The highest BCUT2D eigenvalue weighted by molar-refractivity contribution is 8.00. The average Bonchev–Trinajstić information content (AvgIpc) is 2.53. The SMILES string of the molecule is CCc1ccccc1NC(=O)C(CC)Sc1nccc(=O)[nH]1. The molecule has 22 heavy (non-hydrogen) atoms. The van der Waals surface area contributed by atoms with Crippen molar-refractivity contribution in [1.82, 2.24) is 9.97 Å². The molecular weight excluding hydrogens is 298 g/mol. The number of hydrogen-bond acceptors (Lipinski definition) is 4.